The summed E-state index contributed by atoms with van der Waals surface area (Å²) in [7, 11) is 0. The van der Waals surface area contributed by atoms with E-state index in [1.807, 2.05) is 0 Å². The van der Waals surface area contributed by atoms with Crippen LogP contribution in [0.5, 0.6) is 0 Å². The molecule has 0 amide bonds. The van der Waals surface area contributed by atoms with Crippen molar-refractivity contribution in [1.29, 1.82) is 0 Å². The van der Waals surface area contributed by atoms with Crippen LogP contribution in [-0.4, -0.2) is 10.6 Å². The Balaban J connectivity index is 2.64. The number of rotatable bonds is 0. The predicted octanol–water partition coefficient (Wildman–Crippen LogP) is 2.47. The second-order valence-electron chi connectivity index (χ2n) is 2.95. The van der Waals surface area contributed by atoms with E-state index in [0.29, 0.717) is 12.0 Å². The number of hydrogen-bond donors (Lipinski definition) is 0. The van der Waals surface area contributed by atoms with Gasteiger partial charge in [0.05, 0.1) is 4.83 Å². The highest BCUT2D eigenvalue weighted by atomic mass is 79.9. The molecular formula is C9H5BrF2O. The van der Waals surface area contributed by atoms with Gasteiger partial charge >= 0.3 is 0 Å². The fourth-order valence-electron chi connectivity index (χ4n) is 1.47. The summed E-state index contributed by atoms with van der Waals surface area (Å²) < 4.78 is 25.8. The van der Waals surface area contributed by atoms with Gasteiger partial charge in [0.1, 0.15) is 11.6 Å². The topological polar surface area (TPSA) is 17.1 Å². The summed E-state index contributed by atoms with van der Waals surface area (Å²) in [4.78, 5) is 10.9. The van der Waals surface area contributed by atoms with Gasteiger partial charge in [0.2, 0.25) is 0 Å². The molecule has 0 unspecified atom stereocenters. The van der Waals surface area contributed by atoms with E-state index >= 15 is 0 Å². The zero-order valence-electron chi connectivity index (χ0n) is 6.48. The summed E-state index contributed by atoms with van der Waals surface area (Å²) in [6.45, 7) is 0. The summed E-state index contributed by atoms with van der Waals surface area (Å²) in [5, 5.41) is 0. The van der Waals surface area contributed by atoms with Crippen molar-refractivity contribution < 1.29 is 13.6 Å². The molecule has 0 spiro atoms. The van der Waals surface area contributed by atoms with Crippen LogP contribution in [0, 0.1) is 11.6 Å². The fraction of sp³-hybridized carbons (Fsp3) is 0.222. The molecule has 0 radical (unpaired) electrons. The van der Waals surface area contributed by atoms with Crippen LogP contribution in [0.15, 0.2) is 12.1 Å². The highest BCUT2D eigenvalue weighted by Crippen LogP contribution is 2.29. The normalized spacial score (nSPS) is 20.5. The number of fused-ring (bicyclic) bond motifs is 1. The van der Waals surface area contributed by atoms with Crippen LogP contribution in [0.4, 0.5) is 8.78 Å². The molecule has 1 aliphatic rings. The molecule has 0 N–H and O–H groups in total. The minimum Gasteiger partial charge on any atom is -0.293 e. The molecular weight excluding hydrogens is 242 g/mol. The van der Waals surface area contributed by atoms with Gasteiger partial charge in [0, 0.05) is 17.2 Å². The number of alkyl halides is 1. The van der Waals surface area contributed by atoms with Gasteiger partial charge < -0.3 is 0 Å². The second-order valence-corrected chi connectivity index (χ2v) is 4.05. The maximum atomic E-state index is 13.1. The minimum atomic E-state index is -0.703. The Hall–Kier alpha value is -0.770. The van der Waals surface area contributed by atoms with Crippen LogP contribution in [0.3, 0.4) is 0 Å². The van der Waals surface area contributed by atoms with Gasteiger partial charge in [-0.15, -0.1) is 0 Å². The van der Waals surface area contributed by atoms with Crippen molar-refractivity contribution in [2.24, 2.45) is 0 Å². The summed E-state index contributed by atoms with van der Waals surface area (Å²) in [6, 6.07) is 1.89. The number of hydrogen-bond acceptors (Lipinski definition) is 1. The van der Waals surface area contributed by atoms with E-state index in [4.69, 9.17) is 0 Å². The molecule has 1 atom stereocenters. The van der Waals surface area contributed by atoms with Gasteiger partial charge in [-0.3, -0.25) is 4.79 Å². The minimum absolute atomic E-state index is 0.166. The molecule has 0 bridgehead atoms. The SMILES string of the molecule is O=C1c2cc(F)cc(F)c2C[C@H]1Br. The lowest BCUT2D eigenvalue weighted by Crippen LogP contribution is -2.06. The van der Waals surface area contributed by atoms with Crippen molar-refractivity contribution in [3.8, 4) is 0 Å². The maximum absolute atomic E-state index is 13.1. The number of carbonyl (C=O) groups is 1. The largest absolute Gasteiger partial charge is 0.293 e. The first-order valence-electron chi connectivity index (χ1n) is 3.76. The molecule has 0 heterocycles. The van der Waals surface area contributed by atoms with Crippen LogP contribution in [0.2, 0.25) is 0 Å². The first-order chi connectivity index (χ1) is 6.09. The van der Waals surface area contributed by atoms with Crippen molar-refractivity contribution in [2.75, 3.05) is 0 Å². The summed E-state index contributed by atoms with van der Waals surface area (Å²) >= 11 is 3.10. The smallest absolute Gasteiger partial charge is 0.177 e. The van der Waals surface area contributed by atoms with Crippen LogP contribution in [0.25, 0.3) is 0 Å². The van der Waals surface area contributed by atoms with Gasteiger partial charge in [0.25, 0.3) is 0 Å². The van der Waals surface area contributed by atoms with E-state index in [9.17, 15) is 13.6 Å². The average molecular weight is 247 g/mol. The molecule has 13 heavy (non-hydrogen) atoms. The summed E-state index contributed by atoms with van der Waals surface area (Å²) in [5.41, 5.74) is 0.479. The molecule has 68 valence electrons. The Labute approximate surface area is 81.9 Å². The number of carbonyl (C=O) groups excluding carboxylic acids is 1. The van der Waals surface area contributed by atoms with E-state index in [1.54, 1.807) is 0 Å². The van der Waals surface area contributed by atoms with E-state index in [1.165, 1.54) is 0 Å². The Morgan fingerprint density at radius 1 is 1.38 bits per heavy atom. The number of benzene rings is 1. The molecule has 0 aromatic heterocycles. The first-order valence-corrected chi connectivity index (χ1v) is 4.67. The Kier molecular flexibility index (Phi) is 1.95. The van der Waals surface area contributed by atoms with Crippen molar-refractivity contribution >= 4 is 21.7 Å². The summed E-state index contributed by atoms with van der Waals surface area (Å²) in [6.07, 6.45) is 0.306. The maximum Gasteiger partial charge on any atom is 0.177 e. The number of ketones is 1. The highest BCUT2D eigenvalue weighted by Gasteiger charge is 2.31. The van der Waals surface area contributed by atoms with Crippen LogP contribution < -0.4 is 0 Å². The van der Waals surface area contributed by atoms with Crippen molar-refractivity contribution in [3.63, 3.8) is 0 Å². The molecule has 4 heteroatoms. The third-order valence-corrected chi connectivity index (χ3v) is 2.83. The van der Waals surface area contributed by atoms with Crippen LogP contribution in [-0.2, 0) is 6.42 Å². The Morgan fingerprint density at radius 3 is 2.77 bits per heavy atom. The predicted molar refractivity (Wildman–Crippen MR) is 47.1 cm³/mol. The third-order valence-electron chi connectivity index (χ3n) is 2.09. The lowest BCUT2D eigenvalue weighted by atomic mass is 10.1. The average Bonchev–Trinajstić information content (AvgIpc) is 2.32. The van der Waals surface area contributed by atoms with E-state index in [-0.39, 0.29) is 11.3 Å². The second kappa shape index (κ2) is 2.87. The first kappa shape index (κ1) is 8.81. The lowest BCUT2D eigenvalue weighted by Gasteiger charge is -1.98. The van der Waals surface area contributed by atoms with Gasteiger partial charge in [0.15, 0.2) is 5.78 Å². The molecule has 0 saturated carbocycles. The Morgan fingerprint density at radius 2 is 2.08 bits per heavy atom. The highest BCUT2D eigenvalue weighted by molar-refractivity contribution is 9.10. The van der Waals surface area contributed by atoms with Gasteiger partial charge in [-0.05, 0) is 12.5 Å². The van der Waals surface area contributed by atoms with Crippen LogP contribution in [0.1, 0.15) is 15.9 Å². The van der Waals surface area contributed by atoms with Crippen molar-refractivity contribution in [1.82, 2.24) is 0 Å². The monoisotopic (exact) mass is 246 g/mol. The van der Waals surface area contributed by atoms with Crippen molar-refractivity contribution in [3.05, 3.63) is 34.9 Å². The van der Waals surface area contributed by atoms with Crippen LogP contribution >= 0.6 is 15.9 Å². The molecule has 0 saturated heterocycles. The third kappa shape index (κ3) is 1.29. The van der Waals surface area contributed by atoms with Gasteiger partial charge in [-0.1, -0.05) is 15.9 Å². The number of Topliss-reactive ketones (excluding diaryl/α,β-unsaturated/α-hetero) is 1. The fourth-order valence-corrected chi connectivity index (χ4v) is 2.04. The zero-order chi connectivity index (χ0) is 9.59. The van der Waals surface area contributed by atoms with E-state index in [0.717, 1.165) is 12.1 Å². The zero-order valence-corrected chi connectivity index (χ0v) is 8.07. The standard InChI is InChI=1S/C9H5BrF2O/c10-7-3-5-6(9(7)13)1-4(11)2-8(5)12/h1-2,7H,3H2/t7-/m1/s1. The van der Waals surface area contributed by atoms with Gasteiger partial charge in [-0.25, -0.2) is 8.78 Å². The molecule has 0 aliphatic heterocycles. The van der Waals surface area contributed by atoms with E-state index in [2.05, 4.69) is 15.9 Å². The lowest BCUT2D eigenvalue weighted by molar-refractivity contribution is 0.100. The van der Waals surface area contributed by atoms with E-state index < -0.39 is 16.5 Å². The molecule has 1 nitrogen and oxygen atoms in total. The summed E-state index contributed by atoms with van der Waals surface area (Å²) in [5.74, 6) is -1.58. The molecule has 1 aliphatic carbocycles. The Bertz CT molecular complexity index is 389. The molecule has 1 aromatic carbocycles. The van der Waals surface area contributed by atoms with Gasteiger partial charge in [-0.2, -0.15) is 0 Å². The molecule has 2 rings (SSSR count). The molecule has 0 fully saturated rings. The quantitative estimate of drug-likeness (QED) is 0.643. The van der Waals surface area contributed by atoms with Crippen molar-refractivity contribution in [2.45, 2.75) is 11.2 Å². The number of halogens is 3. The molecule has 1 aromatic rings.